The zero-order valence-electron chi connectivity index (χ0n) is 12.8. The van der Waals surface area contributed by atoms with Crippen molar-refractivity contribution in [3.05, 3.63) is 88.9 Å². The Morgan fingerprint density at radius 2 is 1.62 bits per heavy atom. The van der Waals surface area contributed by atoms with Gasteiger partial charge in [0, 0.05) is 5.02 Å². The first-order valence-corrected chi connectivity index (χ1v) is 7.81. The van der Waals surface area contributed by atoms with Gasteiger partial charge in [-0.05, 0) is 47.0 Å². The minimum Gasteiger partial charge on any atom is -0.489 e. The van der Waals surface area contributed by atoms with Gasteiger partial charge in [-0.25, -0.2) is 4.79 Å². The van der Waals surface area contributed by atoms with Crippen LogP contribution in [0.2, 0.25) is 5.02 Å². The van der Waals surface area contributed by atoms with Crippen LogP contribution in [0, 0.1) is 0 Å². The van der Waals surface area contributed by atoms with E-state index in [1.807, 2.05) is 54.6 Å². The van der Waals surface area contributed by atoms with Gasteiger partial charge in [0.2, 0.25) is 0 Å². The zero-order valence-corrected chi connectivity index (χ0v) is 13.5. The molecule has 0 bridgehead atoms. The summed E-state index contributed by atoms with van der Waals surface area (Å²) >= 11 is 6.00. The van der Waals surface area contributed by atoms with Crippen molar-refractivity contribution in [2.45, 2.75) is 6.61 Å². The molecule has 0 aliphatic carbocycles. The Morgan fingerprint density at radius 3 is 2.29 bits per heavy atom. The van der Waals surface area contributed by atoms with E-state index in [1.54, 1.807) is 12.1 Å². The van der Waals surface area contributed by atoms with Crippen LogP contribution in [0.4, 0.5) is 0 Å². The van der Waals surface area contributed by atoms with Gasteiger partial charge in [0.1, 0.15) is 12.4 Å². The van der Waals surface area contributed by atoms with Crippen LogP contribution in [0.3, 0.4) is 0 Å². The van der Waals surface area contributed by atoms with Crippen LogP contribution in [0.25, 0.3) is 11.1 Å². The first-order chi connectivity index (χ1) is 11.6. The highest BCUT2D eigenvalue weighted by Crippen LogP contribution is 2.27. The number of carboxylic acids is 1. The number of benzene rings is 3. The summed E-state index contributed by atoms with van der Waals surface area (Å²) in [6.45, 7) is 0.501. The molecule has 3 rings (SSSR count). The number of rotatable bonds is 5. The quantitative estimate of drug-likeness (QED) is 0.688. The van der Waals surface area contributed by atoms with Gasteiger partial charge in [0.05, 0.1) is 5.56 Å². The summed E-state index contributed by atoms with van der Waals surface area (Å²) in [5.74, 6) is -0.246. The topological polar surface area (TPSA) is 46.5 Å². The smallest absolute Gasteiger partial charge is 0.335 e. The third kappa shape index (κ3) is 3.94. The number of hydrogen-bond acceptors (Lipinski definition) is 2. The minimum absolute atomic E-state index is 0.168. The molecule has 3 aromatic rings. The van der Waals surface area contributed by atoms with Crippen LogP contribution in [-0.2, 0) is 6.61 Å². The summed E-state index contributed by atoms with van der Waals surface area (Å²) < 4.78 is 5.75. The van der Waals surface area contributed by atoms with E-state index < -0.39 is 5.97 Å². The fourth-order valence-electron chi connectivity index (χ4n) is 2.36. The second-order valence-electron chi connectivity index (χ2n) is 5.33. The maximum atomic E-state index is 11.1. The number of carboxylic acid groups (broad SMARTS) is 1. The Labute approximate surface area is 145 Å². The van der Waals surface area contributed by atoms with Crippen molar-refractivity contribution in [2.24, 2.45) is 0 Å². The predicted octanol–water partition coefficient (Wildman–Crippen LogP) is 5.28. The van der Waals surface area contributed by atoms with Gasteiger partial charge < -0.3 is 9.84 Å². The Kier molecular flexibility index (Phi) is 4.82. The lowest BCUT2D eigenvalue weighted by Crippen LogP contribution is -1.97. The molecule has 0 amide bonds. The molecule has 0 atom stereocenters. The Bertz CT molecular complexity index is 843. The van der Waals surface area contributed by atoms with E-state index in [0.717, 1.165) is 22.4 Å². The molecule has 0 unspecified atom stereocenters. The SMILES string of the molecule is O=C(O)c1cc(Cl)cc(-c2ccc(OCc3ccccc3)cc2)c1. The van der Waals surface area contributed by atoms with Crippen molar-refractivity contribution in [1.82, 2.24) is 0 Å². The van der Waals surface area contributed by atoms with Crippen LogP contribution >= 0.6 is 11.6 Å². The Hall–Kier alpha value is -2.78. The molecule has 0 aliphatic rings. The molecule has 3 aromatic carbocycles. The minimum atomic E-state index is -0.999. The lowest BCUT2D eigenvalue weighted by molar-refractivity contribution is 0.0697. The first kappa shape index (κ1) is 16.1. The molecule has 0 saturated heterocycles. The summed E-state index contributed by atoms with van der Waals surface area (Å²) in [7, 11) is 0. The average Bonchev–Trinajstić information content (AvgIpc) is 2.61. The largest absolute Gasteiger partial charge is 0.489 e. The molecule has 4 heteroatoms. The predicted molar refractivity (Wildman–Crippen MR) is 94.6 cm³/mol. The molecule has 0 spiro atoms. The first-order valence-electron chi connectivity index (χ1n) is 7.43. The molecule has 0 radical (unpaired) electrons. The summed E-state index contributed by atoms with van der Waals surface area (Å²) in [6, 6.07) is 22.2. The van der Waals surface area contributed by atoms with Crippen LogP contribution in [0.5, 0.6) is 5.75 Å². The molecule has 0 aliphatic heterocycles. The summed E-state index contributed by atoms with van der Waals surface area (Å²) in [5, 5.41) is 9.52. The van der Waals surface area contributed by atoms with Crippen molar-refractivity contribution in [3.63, 3.8) is 0 Å². The van der Waals surface area contributed by atoms with E-state index in [0.29, 0.717) is 11.6 Å². The molecule has 120 valence electrons. The van der Waals surface area contributed by atoms with E-state index >= 15 is 0 Å². The van der Waals surface area contributed by atoms with Crippen molar-refractivity contribution < 1.29 is 14.6 Å². The lowest BCUT2D eigenvalue weighted by Gasteiger charge is -2.08. The Balaban J connectivity index is 1.76. The van der Waals surface area contributed by atoms with Crippen molar-refractivity contribution >= 4 is 17.6 Å². The van der Waals surface area contributed by atoms with Crippen molar-refractivity contribution in [1.29, 1.82) is 0 Å². The molecule has 0 heterocycles. The number of hydrogen-bond donors (Lipinski definition) is 1. The molecule has 1 N–H and O–H groups in total. The molecule has 24 heavy (non-hydrogen) atoms. The fraction of sp³-hybridized carbons (Fsp3) is 0.0500. The highest BCUT2D eigenvalue weighted by molar-refractivity contribution is 6.31. The Morgan fingerprint density at radius 1 is 0.917 bits per heavy atom. The second kappa shape index (κ2) is 7.20. The summed E-state index contributed by atoms with van der Waals surface area (Å²) in [6.07, 6.45) is 0. The van der Waals surface area contributed by atoms with Crippen molar-refractivity contribution in [2.75, 3.05) is 0 Å². The highest BCUT2D eigenvalue weighted by atomic mass is 35.5. The molecule has 3 nitrogen and oxygen atoms in total. The van der Waals surface area contributed by atoms with Crippen LogP contribution < -0.4 is 4.74 Å². The van der Waals surface area contributed by atoms with E-state index in [4.69, 9.17) is 21.4 Å². The van der Waals surface area contributed by atoms with Gasteiger partial charge in [0.25, 0.3) is 0 Å². The standard InChI is InChI=1S/C20H15ClO3/c21-18-11-16(10-17(12-18)20(22)23)15-6-8-19(9-7-15)24-13-14-4-2-1-3-5-14/h1-12H,13H2,(H,22,23). The fourth-order valence-corrected chi connectivity index (χ4v) is 2.60. The van der Waals surface area contributed by atoms with Gasteiger partial charge in [-0.15, -0.1) is 0 Å². The van der Waals surface area contributed by atoms with Gasteiger partial charge in [-0.3, -0.25) is 0 Å². The number of aromatic carboxylic acids is 1. The van der Waals surface area contributed by atoms with Crippen molar-refractivity contribution in [3.8, 4) is 16.9 Å². The summed E-state index contributed by atoms with van der Waals surface area (Å²) in [4.78, 5) is 11.1. The average molecular weight is 339 g/mol. The second-order valence-corrected chi connectivity index (χ2v) is 5.77. The molecule has 0 saturated carbocycles. The van der Waals surface area contributed by atoms with Crippen LogP contribution in [-0.4, -0.2) is 11.1 Å². The third-order valence-corrected chi connectivity index (χ3v) is 3.80. The third-order valence-electron chi connectivity index (χ3n) is 3.58. The molecule has 0 fully saturated rings. The van der Waals surface area contributed by atoms with Gasteiger partial charge in [-0.2, -0.15) is 0 Å². The van der Waals surface area contributed by atoms with Gasteiger partial charge in [0.15, 0.2) is 0 Å². The molecular weight excluding hydrogens is 324 g/mol. The van der Waals surface area contributed by atoms with E-state index in [9.17, 15) is 4.79 Å². The van der Waals surface area contributed by atoms with E-state index in [1.165, 1.54) is 6.07 Å². The normalized spacial score (nSPS) is 10.4. The zero-order chi connectivity index (χ0) is 16.9. The lowest BCUT2D eigenvalue weighted by atomic mass is 10.0. The molecular formula is C20H15ClO3. The number of halogens is 1. The maximum absolute atomic E-state index is 11.1. The molecule has 0 aromatic heterocycles. The van der Waals surface area contributed by atoms with Gasteiger partial charge >= 0.3 is 5.97 Å². The summed E-state index contributed by atoms with van der Waals surface area (Å²) in [5.41, 5.74) is 2.91. The highest BCUT2D eigenvalue weighted by Gasteiger charge is 2.08. The van der Waals surface area contributed by atoms with Crippen LogP contribution in [0.1, 0.15) is 15.9 Å². The number of carbonyl (C=O) groups is 1. The van der Waals surface area contributed by atoms with E-state index in [-0.39, 0.29) is 5.56 Å². The van der Waals surface area contributed by atoms with Crippen LogP contribution in [0.15, 0.2) is 72.8 Å². The maximum Gasteiger partial charge on any atom is 0.335 e. The van der Waals surface area contributed by atoms with E-state index in [2.05, 4.69) is 0 Å². The van der Waals surface area contributed by atoms with Gasteiger partial charge in [-0.1, -0.05) is 54.1 Å². The monoisotopic (exact) mass is 338 g/mol. The number of ether oxygens (including phenoxy) is 1.